The summed E-state index contributed by atoms with van der Waals surface area (Å²) < 4.78 is 13.1. The molecule has 152 valence electrons. The zero-order chi connectivity index (χ0) is 20.1. The van der Waals surface area contributed by atoms with E-state index in [9.17, 15) is 0 Å². The number of methoxy groups -OCH3 is 1. The summed E-state index contributed by atoms with van der Waals surface area (Å²) in [5.41, 5.74) is 5.81. The number of halogens is 1. The van der Waals surface area contributed by atoms with Crippen LogP contribution in [0.15, 0.2) is 18.2 Å². The number of ether oxygens (including phenoxy) is 2. The quantitative estimate of drug-likeness (QED) is 0.590. The van der Waals surface area contributed by atoms with Gasteiger partial charge >= 0.3 is 0 Å². The van der Waals surface area contributed by atoms with Crippen LogP contribution in [0.5, 0.6) is 5.75 Å². The fourth-order valence-electron chi connectivity index (χ4n) is 4.18. The lowest BCUT2D eigenvalue weighted by Crippen LogP contribution is -2.29. The molecular formula is C22H25ClN4O2. The van der Waals surface area contributed by atoms with Crippen LogP contribution in [-0.4, -0.2) is 34.8 Å². The first-order valence-corrected chi connectivity index (χ1v) is 10.6. The van der Waals surface area contributed by atoms with Crippen LogP contribution in [-0.2, 0) is 18.0 Å². The molecule has 5 rings (SSSR count). The summed E-state index contributed by atoms with van der Waals surface area (Å²) in [5.74, 6) is 2.64. The van der Waals surface area contributed by atoms with E-state index >= 15 is 0 Å². The Labute approximate surface area is 175 Å². The highest BCUT2D eigenvalue weighted by molar-refractivity contribution is 6.33. The topological polar surface area (TPSA) is 51.9 Å². The number of hydrogen-bond acceptors (Lipinski definition) is 5. The molecule has 0 radical (unpaired) electrons. The number of nitrogens with zero attached hydrogens (tertiary/aromatic N) is 4. The number of aromatic nitrogens is 3. The zero-order valence-corrected chi connectivity index (χ0v) is 17.8. The minimum Gasteiger partial charge on any atom is -0.497 e. The molecular weight excluding hydrogens is 388 g/mol. The fourth-order valence-corrected chi connectivity index (χ4v) is 4.44. The lowest BCUT2D eigenvalue weighted by molar-refractivity contribution is 0.133. The van der Waals surface area contributed by atoms with Crippen molar-refractivity contribution in [3.05, 3.63) is 40.2 Å². The van der Waals surface area contributed by atoms with Gasteiger partial charge in [-0.1, -0.05) is 11.6 Å². The Balaban J connectivity index is 1.73. The van der Waals surface area contributed by atoms with Gasteiger partial charge in [-0.2, -0.15) is 9.61 Å². The predicted octanol–water partition coefficient (Wildman–Crippen LogP) is 4.63. The van der Waals surface area contributed by atoms with Crippen LogP contribution in [0.4, 0.5) is 5.82 Å². The molecule has 1 aliphatic carbocycles. The number of benzene rings is 1. The minimum atomic E-state index is 0.541. The van der Waals surface area contributed by atoms with E-state index in [2.05, 4.69) is 11.8 Å². The number of fused-ring (bicyclic) bond motifs is 2. The number of aryl methyl sites for hydroxylation is 1. The summed E-state index contributed by atoms with van der Waals surface area (Å²) in [4.78, 5) is 7.40. The third-order valence-corrected chi connectivity index (χ3v) is 6.20. The number of hydrogen-bond donors (Lipinski definition) is 0. The van der Waals surface area contributed by atoms with Gasteiger partial charge in [0.25, 0.3) is 0 Å². The van der Waals surface area contributed by atoms with Crippen LogP contribution in [0, 0.1) is 12.8 Å². The highest BCUT2D eigenvalue weighted by atomic mass is 35.5. The van der Waals surface area contributed by atoms with Gasteiger partial charge in [-0.05, 0) is 50.8 Å². The first-order valence-electron chi connectivity index (χ1n) is 10.2. The summed E-state index contributed by atoms with van der Waals surface area (Å²) in [6.07, 6.45) is 2.63. The molecule has 0 unspecified atom stereocenters. The van der Waals surface area contributed by atoms with Crippen LogP contribution >= 0.6 is 11.6 Å². The standard InChI is InChI=1S/C22H25ClN4O2/c1-4-26(10-14-5-6-14)22-17-11-29-12-19(17)24-21-20(13(2)25-27(21)22)16-8-7-15(28-3)9-18(16)23/h7-9,14H,4-6,10-12H2,1-3H3. The van der Waals surface area contributed by atoms with E-state index in [1.54, 1.807) is 7.11 Å². The molecule has 1 saturated carbocycles. The second-order valence-corrected chi connectivity index (χ2v) is 8.28. The second-order valence-electron chi connectivity index (χ2n) is 7.88. The van der Waals surface area contributed by atoms with E-state index in [4.69, 9.17) is 31.2 Å². The Morgan fingerprint density at radius 2 is 2.14 bits per heavy atom. The molecule has 1 fully saturated rings. The van der Waals surface area contributed by atoms with Crippen molar-refractivity contribution in [3.63, 3.8) is 0 Å². The molecule has 3 aromatic rings. The van der Waals surface area contributed by atoms with Crippen molar-refractivity contribution in [2.45, 2.75) is 39.9 Å². The van der Waals surface area contributed by atoms with E-state index in [-0.39, 0.29) is 0 Å². The highest BCUT2D eigenvalue weighted by Gasteiger charge is 2.31. The van der Waals surface area contributed by atoms with Gasteiger partial charge in [-0.25, -0.2) is 4.98 Å². The Morgan fingerprint density at radius 3 is 2.83 bits per heavy atom. The monoisotopic (exact) mass is 412 g/mol. The van der Waals surface area contributed by atoms with E-state index < -0.39 is 0 Å². The van der Waals surface area contributed by atoms with E-state index in [0.29, 0.717) is 18.2 Å². The maximum absolute atomic E-state index is 6.62. The van der Waals surface area contributed by atoms with E-state index in [1.807, 2.05) is 29.6 Å². The third-order valence-electron chi connectivity index (χ3n) is 5.88. The van der Waals surface area contributed by atoms with Crippen LogP contribution in [0.2, 0.25) is 5.02 Å². The Morgan fingerprint density at radius 1 is 1.31 bits per heavy atom. The lowest BCUT2D eigenvalue weighted by Gasteiger charge is -2.25. The normalized spacial score (nSPS) is 15.7. The summed E-state index contributed by atoms with van der Waals surface area (Å²) in [7, 11) is 1.64. The van der Waals surface area contributed by atoms with Gasteiger partial charge < -0.3 is 14.4 Å². The van der Waals surface area contributed by atoms with Gasteiger partial charge in [0.2, 0.25) is 0 Å². The molecule has 29 heavy (non-hydrogen) atoms. The van der Waals surface area contributed by atoms with Crippen molar-refractivity contribution in [1.29, 1.82) is 0 Å². The molecule has 0 spiro atoms. The summed E-state index contributed by atoms with van der Waals surface area (Å²) in [6, 6.07) is 5.74. The van der Waals surface area contributed by atoms with E-state index in [0.717, 1.165) is 64.3 Å². The molecule has 7 heteroatoms. The molecule has 1 aliphatic heterocycles. The van der Waals surface area contributed by atoms with E-state index in [1.165, 1.54) is 12.8 Å². The molecule has 2 aromatic heterocycles. The van der Waals surface area contributed by atoms with Crippen molar-refractivity contribution in [1.82, 2.24) is 14.6 Å². The smallest absolute Gasteiger partial charge is 0.165 e. The molecule has 1 aromatic carbocycles. The van der Waals surface area contributed by atoms with Gasteiger partial charge in [-0.15, -0.1) is 0 Å². The highest BCUT2D eigenvalue weighted by Crippen LogP contribution is 2.40. The Kier molecular flexibility index (Phi) is 4.63. The van der Waals surface area contributed by atoms with Crippen LogP contribution in [0.25, 0.3) is 16.8 Å². The van der Waals surface area contributed by atoms with Gasteiger partial charge in [0.1, 0.15) is 11.6 Å². The maximum atomic E-state index is 6.62. The molecule has 0 N–H and O–H groups in total. The molecule has 2 aliphatic rings. The van der Waals surface area contributed by atoms with Gasteiger partial charge in [0.15, 0.2) is 5.65 Å². The Bertz CT molecular complexity index is 1090. The van der Waals surface area contributed by atoms with Crippen molar-refractivity contribution in [3.8, 4) is 16.9 Å². The first kappa shape index (κ1) is 18.7. The van der Waals surface area contributed by atoms with Crippen LogP contribution in [0.1, 0.15) is 36.7 Å². The molecule has 0 amide bonds. The first-order chi connectivity index (χ1) is 14.1. The van der Waals surface area contributed by atoms with Crippen molar-refractivity contribution < 1.29 is 9.47 Å². The van der Waals surface area contributed by atoms with Gasteiger partial charge in [0.05, 0.1) is 42.3 Å². The number of anilines is 1. The third kappa shape index (κ3) is 3.15. The van der Waals surface area contributed by atoms with Crippen LogP contribution < -0.4 is 9.64 Å². The molecule has 0 bridgehead atoms. The minimum absolute atomic E-state index is 0.541. The summed E-state index contributed by atoms with van der Waals surface area (Å²) in [6.45, 7) is 7.34. The maximum Gasteiger partial charge on any atom is 0.165 e. The van der Waals surface area contributed by atoms with Crippen LogP contribution in [0.3, 0.4) is 0 Å². The van der Waals surface area contributed by atoms with Crippen molar-refractivity contribution in [2.75, 3.05) is 25.1 Å². The average molecular weight is 413 g/mol. The molecule has 0 atom stereocenters. The summed E-state index contributed by atoms with van der Waals surface area (Å²) >= 11 is 6.62. The zero-order valence-electron chi connectivity index (χ0n) is 17.0. The number of rotatable bonds is 6. The predicted molar refractivity (Wildman–Crippen MR) is 114 cm³/mol. The largest absolute Gasteiger partial charge is 0.497 e. The molecule has 3 heterocycles. The molecule has 0 saturated heterocycles. The average Bonchev–Trinajstić information content (AvgIpc) is 3.32. The summed E-state index contributed by atoms with van der Waals surface area (Å²) in [5, 5.41) is 5.55. The van der Waals surface area contributed by atoms with Crippen molar-refractivity contribution in [2.24, 2.45) is 5.92 Å². The second kappa shape index (κ2) is 7.18. The lowest BCUT2D eigenvalue weighted by atomic mass is 10.1. The van der Waals surface area contributed by atoms with Gasteiger partial charge in [-0.3, -0.25) is 0 Å². The molecule has 6 nitrogen and oxygen atoms in total. The fraction of sp³-hybridized carbons (Fsp3) is 0.455. The Hall–Kier alpha value is -2.31. The van der Waals surface area contributed by atoms with Gasteiger partial charge in [0, 0.05) is 24.2 Å². The SMILES string of the molecule is CCN(CC1CC1)c1c2c(nc3c(-c4ccc(OC)cc4Cl)c(C)nn13)COC2. The van der Waals surface area contributed by atoms with Crippen molar-refractivity contribution >= 4 is 23.1 Å².